The molecule has 0 radical (unpaired) electrons. The Hall–Kier alpha value is -0.520. The molecule has 114 valence electrons. The van der Waals surface area contributed by atoms with E-state index < -0.39 is 0 Å². The van der Waals surface area contributed by atoms with Gasteiger partial charge in [0.05, 0.1) is 7.11 Å². The molecule has 1 saturated heterocycles. The summed E-state index contributed by atoms with van der Waals surface area (Å²) in [7, 11) is 1.67. The third kappa shape index (κ3) is 4.24. The molecule has 1 fully saturated rings. The highest BCUT2D eigenvalue weighted by Crippen LogP contribution is 2.33. The molecule has 0 bridgehead atoms. The van der Waals surface area contributed by atoms with Gasteiger partial charge in [-0.25, -0.2) is 0 Å². The Balaban J connectivity index is 0.00000200. The van der Waals surface area contributed by atoms with Gasteiger partial charge < -0.3 is 15.2 Å². The van der Waals surface area contributed by atoms with Crippen molar-refractivity contribution in [3.05, 3.63) is 28.8 Å². The molecule has 0 aliphatic carbocycles. The van der Waals surface area contributed by atoms with E-state index in [1.54, 1.807) is 7.11 Å². The molecule has 20 heavy (non-hydrogen) atoms. The van der Waals surface area contributed by atoms with Gasteiger partial charge in [-0.3, -0.25) is 4.90 Å². The molecular weight excluding hydrogens is 299 g/mol. The molecule has 0 amide bonds. The quantitative estimate of drug-likeness (QED) is 0.872. The molecular formula is C14H22Cl2N2O2. The Kier molecular flexibility index (Phi) is 7.62. The lowest BCUT2D eigenvalue weighted by Crippen LogP contribution is -2.45. The lowest BCUT2D eigenvalue weighted by molar-refractivity contribution is 0.139. The predicted octanol–water partition coefficient (Wildman–Crippen LogP) is 2.10. The second-order valence-corrected chi connectivity index (χ2v) is 5.14. The number of nitrogens with zero attached hydrogens (tertiary/aromatic N) is 1. The average Bonchev–Trinajstić information content (AvgIpc) is 2.45. The summed E-state index contributed by atoms with van der Waals surface area (Å²) in [5, 5.41) is 13.4. The van der Waals surface area contributed by atoms with Crippen LogP contribution in [-0.2, 0) is 0 Å². The maximum atomic E-state index is 9.35. The number of piperazine rings is 1. The van der Waals surface area contributed by atoms with Gasteiger partial charge in [-0.2, -0.15) is 0 Å². The van der Waals surface area contributed by atoms with Crippen molar-refractivity contribution in [3.8, 4) is 5.75 Å². The number of rotatable bonds is 5. The van der Waals surface area contributed by atoms with Crippen molar-refractivity contribution >= 4 is 24.0 Å². The smallest absolute Gasteiger partial charge is 0.123 e. The molecule has 1 aliphatic rings. The number of aliphatic hydroxyl groups excluding tert-OH is 1. The van der Waals surface area contributed by atoms with Crippen LogP contribution < -0.4 is 10.1 Å². The highest BCUT2D eigenvalue weighted by Gasteiger charge is 2.24. The minimum absolute atomic E-state index is 0. The van der Waals surface area contributed by atoms with E-state index in [4.69, 9.17) is 16.3 Å². The van der Waals surface area contributed by atoms with E-state index in [-0.39, 0.29) is 25.1 Å². The van der Waals surface area contributed by atoms with Gasteiger partial charge in [0.25, 0.3) is 0 Å². The third-order valence-corrected chi connectivity index (χ3v) is 3.78. The number of ether oxygens (including phenoxy) is 1. The number of halogens is 2. The highest BCUT2D eigenvalue weighted by molar-refractivity contribution is 6.30. The number of hydrogen-bond donors (Lipinski definition) is 2. The van der Waals surface area contributed by atoms with Crippen LogP contribution in [0.1, 0.15) is 18.0 Å². The Labute approximate surface area is 131 Å². The summed E-state index contributed by atoms with van der Waals surface area (Å²) >= 11 is 6.11. The van der Waals surface area contributed by atoms with E-state index in [2.05, 4.69) is 10.2 Å². The van der Waals surface area contributed by atoms with Crippen LogP contribution in [-0.4, -0.2) is 49.9 Å². The minimum Gasteiger partial charge on any atom is -0.496 e. The molecule has 6 heteroatoms. The zero-order chi connectivity index (χ0) is 13.7. The number of methoxy groups -OCH3 is 1. The summed E-state index contributed by atoms with van der Waals surface area (Å²) in [6.07, 6.45) is 0.691. The van der Waals surface area contributed by atoms with Gasteiger partial charge in [-0.05, 0) is 24.6 Å². The summed E-state index contributed by atoms with van der Waals surface area (Å²) in [5.74, 6) is 0.835. The normalized spacial score (nSPS) is 17.4. The van der Waals surface area contributed by atoms with Crippen LogP contribution >= 0.6 is 24.0 Å². The fourth-order valence-corrected chi connectivity index (χ4v) is 2.80. The molecule has 1 aromatic carbocycles. The van der Waals surface area contributed by atoms with Crippen LogP contribution in [0, 0.1) is 0 Å². The van der Waals surface area contributed by atoms with Crippen molar-refractivity contribution in [1.29, 1.82) is 0 Å². The first-order chi connectivity index (χ1) is 9.26. The monoisotopic (exact) mass is 320 g/mol. The minimum atomic E-state index is 0. The summed E-state index contributed by atoms with van der Waals surface area (Å²) in [6.45, 7) is 4.06. The van der Waals surface area contributed by atoms with E-state index in [1.807, 2.05) is 18.2 Å². The molecule has 2 rings (SSSR count). The summed E-state index contributed by atoms with van der Waals surface area (Å²) < 4.78 is 5.44. The first-order valence-electron chi connectivity index (χ1n) is 6.65. The van der Waals surface area contributed by atoms with E-state index >= 15 is 0 Å². The van der Waals surface area contributed by atoms with Crippen molar-refractivity contribution in [2.45, 2.75) is 12.5 Å². The Morgan fingerprint density at radius 3 is 2.70 bits per heavy atom. The van der Waals surface area contributed by atoms with Crippen molar-refractivity contribution < 1.29 is 9.84 Å². The maximum Gasteiger partial charge on any atom is 0.123 e. The molecule has 2 N–H and O–H groups in total. The number of benzene rings is 1. The number of aliphatic hydroxyl groups is 1. The van der Waals surface area contributed by atoms with Gasteiger partial charge in [0, 0.05) is 49.4 Å². The molecule has 1 aliphatic heterocycles. The van der Waals surface area contributed by atoms with E-state index in [9.17, 15) is 5.11 Å². The Morgan fingerprint density at radius 1 is 1.40 bits per heavy atom. The van der Waals surface area contributed by atoms with Crippen molar-refractivity contribution in [2.75, 3.05) is 39.9 Å². The maximum absolute atomic E-state index is 9.35. The zero-order valence-corrected chi connectivity index (χ0v) is 13.2. The molecule has 1 atom stereocenters. The highest BCUT2D eigenvalue weighted by atomic mass is 35.5. The van der Waals surface area contributed by atoms with Crippen LogP contribution in [0.3, 0.4) is 0 Å². The molecule has 1 heterocycles. The number of hydrogen-bond acceptors (Lipinski definition) is 4. The van der Waals surface area contributed by atoms with Gasteiger partial charge in [0.15, 0.2) is 0 Å². The lowest BCUT2D eigenvalue weighted by Gasteiger charge is -2.35. The summed E-state index contributed by atoms with van der Waals surface area (Å²) in [6, 6.07) is 5.82. The first kappa shape index (κ1) is 17.5. The van der Waals surface area contributed by atoms with Crippen LogP contribution in [0.15, 0.2) is 18.2 Å². The molecule has 0 saturated carbocycles. The fraction of sp³-hybridized carbons (Fsp3) is 0.571. The largest absolute Gasteiger partial charge is 0.496 e. The van der Waals surface area contributed by atoms with Crippen LogP contribution in [0.5, 0.6) is 5.75 Å². The zero-order valence-electron chi connectivity index (χ0n) is 11.6. The van der Waals surface area contributed by atoms with Gasteiger partial charge >= 0.3 is 0 Å². The summed E-state index contributed by atoms with van der Waals surface area (Å²) in [5.41, 5.74) is 1.06. The van der Waals surface area contributed by atoms with Crippen LogP contribution in [0.2, 0.25) is 5.02 Å². The second-order valence-electron chi connectivity index (χ2n) is 4.70. The third-order valence-electron chi connectivity index (χ3n) is 3.55. The second kappa shape index (κ2) is 8.70. The van der Waals surface area contributed by atoms with Crippen molar-refractivity contribution in [1.82, 2.24) is 10.2 Å². The van der Waals surface area contributed by atoms with Crippen LogP contribution in [0.4, 0.5) is 0 Å². The van der Waals surface area contributed by atoms with E-state index in [0.29, 0.717) is 11.4 Å². The number of nitrogens with one attached hydrogen (secondary N) is 1. The molecule has 1 aromatic rings. The standard InChI is InChI=1S/C14H21ClN2O2.ClH/c1-19-14-3-2-11(15)10-12(14)13(4-9-18)17-7-5-16-6-8-17;/h2-3,10,13,16,18H,4-9H2,1H3;1H/t13-;/m0./s1. The topological polar surface area (TPSA) is 44.7 Å². The van der Waals surface area contributed by atoms with Crippen molar-refractivity contribution in [2.24, 2.45) is 0 Å². The van der Waals surface area contributed by atoms with E-state index in [1.165, 1.54) is 0 Å². The van der Waals surface area contributed by atoms with Crippen LogP contribution in [0.25, 0.3) is 0 Å². The Bertz CT molecular complexity index is 412. The van der Waals surface area contributed by atoms with Gasteiger partial charge in [-0.1, -0.05) is 11.6 Å². The van der Waals surface area contributed by atoms with Crippen molar-refractivity contribution in [3.63, 3.8) is 0 Å². The first-order valence-corrected chi connectivity index (χ1v) is 7.03. The van der Waals surface area contributed by atoms with Gasteiger partial charge in [0.2, 0.25) is 0 Å². The molecule has 0 spiro atoms. The Morgan fingerprint density at radius 2 is 2.10 bits per heavy atom. The SMILES string of the molecule is COc1ccc(Cl)cc1[C@H](CCO)N1CCNCC1.Cl. The molecule has 0 aromatic heterocycles. The predicted molar refractivity (Wildman–Crippen MR) is 84.1 cm³/mol. The fourth-order valence-electron chi connectivity index (χ4n) is 2.62. The molecule has 0 unspecified atom stereocenters. The van der Waals surface area contributed by atoms with Gasteiger partial charge in [-0.15, -0.1) is 12.4 Å². The lowest BCUT2D eigenvalue weighted by atomic mass is 10.0. The van der Waals surface area contributed by atoms with Gasteiger partial charge in [0.1, 0.15) is 5.75 Å². The summed E-state index contributed by atoms with van der Waals surface area (Å²) in [4.78, 5) is 2.38. The average molecular weight is 321 g/mol. The van der Waals surface area contributed by atoms with E-state index in [0.717, 1.165) is 37.5 Å². The molecule has 4 nitrogen and oxygen atoms in total.